The number of ether oxygens (including phenoxy) is 2. The van der Waals surface area contributed by atoms with Crippen molar-refractivity contribution in [3.63, 3.8) is 0 Å². The molecule has 0 amide bonds. The number of carbonyl (C=O) groups is 2. The normalized spacial score (nSPS) is 10.5. The van der Waals surface area contributed by atoms with Gasteiger partial charge in [0, 0.05) is 0 Å². The summed E-state index contributed by atoms with van der Waals surface area (Å²) in [5, 5.41) is 0. The predicted molar refractivity (Wildman–Crippen MR) is 87.4 cm³/mol. The molecule has 0 saturated heterocycles. The third-order valence-corrected chi connectivity index (χ3v) is 3.85. The van der Waals surface area contributed by atoms with E-state index >= 15 is 0 Å². The smallest absolute Gasteiger partial charge is 0.341 e. The molecule has 120 valence electrons. The van der Waals surface area contributed by atoms with Gasteiger partial charge in [-0.3, -0.25) is 9.36 Å². The summed E-state index contributed by atoms with van der Waals surface area (Å²) in [6, 6.07) is 5.37. The number of nitrogens with zero attached hydrogens (tertiary/aromatic N) is 1. The topological polar surface area (TPSA) is 74.6 Å². The lowest BCUT2D eigenvalue weighted by Crippen LogP contribution is -2.35. The molecule has 0 radical (unpaired) electrons. The summed E-state index contributed by atoms with van der Waals surface area (Å²) < 4.78 is 11.6. The van der Waals surface area contributed by atoms with Gasteiger partial charge in [0.05, 0.1) is 10.2 Å². The van der Waals surface area contributed by atoms with E-state index in [9.17, 15) is 14.4 Å². The van der Waals surface area contributed by atoms with Gasteiger partial charge in [-0.1, -0.05) is 48.8 Å². The van der Waals surface area contributed by atoms with Crippen LogP contribution in [-0.4, -0.2) is 29.7 Å². The van der Waals surface area contributed by atoms with E-state index in [2.05, 4.69) is 13.2 Å². The molecule has 0 bridgehead atoms. The van der Waals surface area contributed by atoms with E-state index in [-0.39, 0.29) is 13.2 Å². The van der Waals surface area contributed by atoms with Gasteiger partial charge in [-0.25, -0.2) is 9.59 Å². The van der Waals surface area contributed by atoms with Crippen LogP contribution in [0.5, 0.6) is 0 Å². The lowest BCUT2D eigenvalue weighted by Gasteiger charge is -2.16. The zero-order chi connectivity index (χ0) is 16.8. The average molecular weight is 333 g/mol. The third kappa shape index (κ3) is 3.57. The summed E-state index contributed by atoms with van der Waals surface area (Å²) in [6.07, 6.45) is 2.75. The van der Waals surface area contributed by atoms with Crippen molar-refractivity contribution < 1.29 is 19.1 Å². The monoisotopic (exact) mass is 333 g/mol. The lowest BCUT2D eigenvalue weighted by molar-refractivity contribution is -0.159. The van der Waals surface area contributed by atoms with E-state index in [4.69, 9.17) is 9.47 Å². The minimum absolute atomic E-state index is 0.0686. The Morgan fingerprint density at radius 1 is 1.13 bits per heavy atom. The Kier molecular flexibility index (Phi) is 5.48. The second kappa shape index (κ2) is 7.55. The summed E-state index contributed by atoms with van der Waals surface area (Å²) in [5.74, 6) is -1.74. The minimum Gasteiger partial charge on any atom is -0.459 e. The molecule has 23 heavy (non-hydrogen) atoms. The summed E-state index contributed by atoms with van der Waals surface area (Å²) >= 11 is 0.941. The molecule has 0 aliphatic heterocycles. The van der Waals surface area contributed by atoms with Gasteiger partial charge in [-0.15, -0.1) is 0 Å². The van der Waals surface area contributed by atoms with Crippen molar-refractivity contribution in [3.05, 3.63) is 59.2 Å². The van der Waals surface area contributed by atoms with Crippen LogP contribution in [0, 0.1) is 0 Å². The van der Waals surface area contributed by atoms with Crippen LogP contribution >= 0.6 is 11.3 Å². The fourth-order valence-corrected chi connectivity index (χ4v) is 2.88. The molecule has 0 aliphatic carbocycles. The standard InChI is InChI=1S/C16H15NO5S/c1-3-9-21-14(18)13(15(19)22-10-4-2)17-11-7-5-6-8-12(11)23-16(17)20/h3-8,13H,1-2,9-10H2. The summed E-state index contributed by atoms with van der Waals surface area (Å²) in [6.45, 7) is 6.75. The Balaban J connectivity index is 2.50. The van der Waals surface area contributed by atoms with Crippen molar-refractivity contribution in [3.8, 4) is 0 Å². The van der Waals surface area contributed by atoms with Gasteiger partial charge in [-0.05, 0) is 12.1 Å². The molecule has 0 spiro atoms. The van der Waals surface area contributed by atoms with Crippen molar-refractivity contribution in [2.45, 2.75) is 6.04 Å². The maximum atomic E-state index is 12.3. The Morgan fingerprint density at radius 2 is 1.70 bits per heavy atom. The number of aromatic nitrogens is 1. The highest BCUT2D eigenvalue weighted by Crippen LogP contribution is 2.22. The molecule has 7 heteroatoms. The zero-order valence-electron chi connectivity index (χ0n) is 12.3. The molecule has 0 N–H and O–H groups in total. The molecular formula is C16H15NO5S. The van der Waals surface area contributed by atoms with E-state index in [0.717, 1.165) is 15.9 Å². The number of carbonyl (C=O) groups excluding carboxylic acids is 2. The number of hydrogen-bond donors (Lipinski definition) is 0. The Hall–Kier alpha value is -2.67. The first-order chi connectivity index (χ1) is 11.1. The highest BCUT2D eigenvalue weighted by Gasteiger charge is 2.34. The molecule has 0 aliphatic rings. The fraction of sp³-hybridized carbons (Fsp3) is 0.188. The van der Waals surface area contributed by atoms with Crippen molar-refractivity contribution in [2.24, 2.45) is 0 Å². The van der Waals surface area contributed by atoms with E-state index < -0.39 is 22.9 Å². The number of thiazole rings is 1. The number of hydrogen-bond acceptors (Lipinski definition) is 6. The van der Waals surface area contributed by atoms with Crippen LogP contribution in [0.2, 0.25) is 0 Å². The number of fused-ring (bicyclic) bond motifs is 1. The SMILES string of the molecule is C=CCOC(=O)C(C(=O)OCC=C)n1c(=O)sc2ccccc21. The van der Waals surface area contributed by atoms with Crippen molar-refractivity contribution >= 4 is 33.5 Å². The molecule has 1 aromatic heterocycles. The van der Waals surface area contributed by atoms with Crippen LogP contribution in [0.25, 0.3) is 10.2 Å². The molecular weight excluding hydrogens is 318 g/mol. The first kappa shape index (κ1) is 16.7. The van der Waals surface area contributed by atoms with Crippen molar-refractivity contribution in [1.29, 1.82) is 0 Å². The summed E-state index contributed by atoms with van der Waals surface area (Å²) in [5.41, 5.74) is 0.471. The van der Waals surface area contributed by atoms with Gasteiger partial charge in [0.25, 0.3) is 0 Å². The highest BCUT2D eigenvalue weighted by atomic mass is 32.1. The number of benzene rings is 1. The van der Waals surface area contributed by atoms with Gasteiger partial charge in [0.1, 0.15) is 13.2 Å². The largest absolute Gasteiger partial charge is 0.459 e. The van der Waals surface area contributed by atoms with Gasteiger partial charge in [0.15, 0.2) is 0 Å². The second-order valence-corrected chi connectivity index (χ2v) is 5.44. The molecule has 0 unspecified atom stereocenters. The molecule has 2 aromatic rings. The van der Waals surface area contributed by atoms with Crippen LogP contribution in [-0.2, 0) is 19.1 Å². The molecule has 2 rings (SSSR count). The lowest BCUT2D eigenvalue weighted by atomic mass is 10.2. The van der Waals surface area contributed by atoms with E-state index in [0.29, 0.717) is 10.2 Å². The molecule has 0 atom stereocenters. The van der Waals surface area contributed by atoms with Crippen LogP contribution in [0.3, 0.4) is 0 Å². The quantitative estimate of drug-likeness (QED) is 0.440. The van der Waals surface area contributed by atoms with E-state index in [1.54, 1.807) is 24.3 Å². The Morgan fingerprint density at radius 3 is 2.26 bits per heavy atom. The molecule has 0 saturated carbocycles. The van der Waals surface area contributed by atoms with E-state index in [1.165, 1.54) is 12.2 Å². The molecule has 1 aromatic carbocycles. The molecule has 6 nitrogen and oxygen atoms in total. The van der Waals surface area contributed by atoms with Gasteiger partial charge >= 0.3 is 16.8 Å². The molecule has 0 fully saturated rings. The van der Waals surface area contributed by atoms with Crippen LogP contribution in [0.4, 0.5) is 0 Å². The second-order valence-electron chi connectivity index (χ2n) is 4.45. The number of para-hydroxylation sites is 1. The minimum atomic E-state index is -1.50. The summed E-state index contributed by atoms with van der Waals surface area (Å²) in [7, 11) is 0. The van der Waals surface area contributed by atoms with Gasteiger partial charge < -0.3 is 9.47 Å². The fourth-order valence-electron chi connectivity index (χ4n) is 1.98. The van der Waals surface area contributed by atoms with Gasteiger partial charge in [0.2, 0.25) is 6.04 Å². The predicted octanol–water partition coefficient (Wildman–Crippen LogP) is 2.06. The highest BCUT2D eigenvalue weighted by molar-refractivity contribution is 7.16. The first-order valence-corrected chi connectivity index (χ1v) is 7.57. The third-order valence-electron chi connectivity index (χ3n) is 2.91. The number of rotatable bonds is 7. The van der Waals surface area contributed by atoms with Crippen molar-refractivity contribution in [1.82, 2.24) is 4.57 Å². The Labute approximate surface area is 136 Å². The average Bonchev–Trinajstić information content (AvgIpc) is 2.87. The van der Waals surface area contributed by atoms with Crippen LogP contribution in [0.1, 0.15) is 6.04 Å². The van der Waals surface area contributed by atoms with Gasteiger partial charge in [-0.2, -0.15) is 0 Å². The van der Waals surface area contributed by atoms with Crippen LogP contribution in [0.15, 0.2) is 54.4 Å². The first-order valence-electron chi connectivity index (χ1n) is 6.75. The van der Waals surface area contributed by atoms with Crippen LogP contribution < -0.4 is 4.87 Å². The van der Waals surface area contributed by atoms with E-state index in [1.807, 2.05) is 0 Å². The maximum absolute atomic E-state index is 12.3. The summed E-state index contributed by atoms with van der Waals surface area (Å²) in [4.78, 5) is 36.3. The van der Waals surface area contributed by atoms with Crippen molar-refractivity contribution in [2.75, 3.05) is 13.2 Å². The maximum Gasteiger partial charge on any atom is 0.341 e. The molecule has 1 heterocycles. The number of esters is 2. The zero-order valence-corrected chi connectivity index (χ0v) is 13.1. The Bertz CT molecular complexity index is 780.